The minimum atomic E-state index is -0.193. The molecule has 1 saturated heterocycles. The molecular weight excluding hydrogens is 450 g/mol. The molecule has 0 bridgehead atoms. The average molecular weight is 476 g/mol. The Labute approximate surface area is 196 Å². The number of rotatable bonds is 8. The van der Waals surface area contributed by atoms with E-state index in [0.717, 1.165) is 38.0 Å². The van der Waals surface area contributed by atoms with Gasteiger partial charge >= 0.3 is 0 Å². The smallest absolute Gasteiger partial charge is 0.234 e. The summed E-state index contributed by atoms with van der Waals surface area (Å²) in [6.45, 7) is 1.52. The van der Waals surface area contributed by atoms with Gasteiger partial charge in [-0.1, -0.05) is 23.4 Å². The predicted octanol–water partition coefficient (Wildman–Crippen LogP) is 3.36. The molecule has 0 unspecified atom stereocenters. The van der Waals surface area contributed by atoms with Gasteiger partial charge in [0.05, 0.1) is 24.5 Å². The number of nitrogens with one attached hydrogen (secondary N) is 2. The third kappa shape index (κ3) is 6.04. The van der Waals surface area contributed by atoms with Gasteiger partial charge in [-0.2, -0.15) is 0 Å². The summed E-state index contributed by atoms with van der Waals surface area (Å²) in [7, 11) is 1.54. The number of aromatic nitrogens is 2. The lowest BCUT2D eigenvalue weighted by Gasteiger charge is -2.32. The number of hydrogen-bond acceptors (Lipinski definition) is 7. The number of thioether (sulfide) groups is 1. The Hall–Kier alpha value is -2.52. The van der Waals surface area contributed by atoms with E-state index in [1.54, 1.807) is 18.2 Å². The second-order valence-corrected chi connectivity index (χ2v) is 9.41. The van der Waals surface area contributed by atoms with Crippen LogP contribution in [-0.4, -0.2) is 54.0 Å². The fourth-order valence-electron chi connectivity index (χ4n) is 3.61. The minimum absolute atomic E-state index is 0.00706. The van der Waals surface area contributed by atoms with Crippen LogP contribution in [0.1, 0.15) is 25.7 Å². The molecule has 2 N–H and O–H groups in total. The first kappa shape index (κ1) is 22.7. The minimum Gasteiger partial charge on any atom is -0.495 e. The molecule has 1 aromatic carbocycles. The first-order valence-electron chi connectivity index (χ1n) is 10.7. The molecule has 1 atom stereocenters. The molecule has 32 heavy (non-hydrogen) atoms. The van der Waals surface area contributed by atoms with Crippen LogP contribution in [0.15, 0.2) is 35.4 Å². The molecule has 10 heteroatoms. The molecule has 1 aromatic heterocycles. The molecule has 0 spiro atoms. The maximum absolute atomic E-state index is 12.4. The van der Waals surface area contributed by atoms with Crippen molar-refractivity contribution < 1.29 is 14.3 Å². The third-order valence-electron chi connectivity index (χ3n) is 5.45. The summed E-state index contributed by atoms with van der Waals surface area (Å²) in [4.78, 5) is 26.8. The van der Waals surface area contributed by atoms with Crippen LogP contribution in [0.25, 0.3) is 0 Å². The number of benzene rings is 1. The van der Waals surface area contributed by atoms with Crippen molar-refractivity contribution in [1.82, 2.24) is 15.5 Å². The van der Waals surface area contributed by atoms with Crippen molar-refractivity contribution in [2.24, 2.45) is 5.92 Å². The van der Waals surface area contributed by atoms with Gasteiger partial charge in [-0.3, -0.25) is 9.59 Å². The fraction of sp³-hybridized carbons (Fsp3) is 0.455. The maximum Gasteiger partial charge on any atom is 0.234 e. The van der Waals surface area contributed by atoms with Crippen molar-refractivity contribution in [3.8, 4) is 5.75 Å². The second-order valence-electron chi connectivity index (χ2n) is 7.98. The maximum atomic E-state index is 12.4. The number of ether oxygens (including phenoxy) is 1. The van der Waals surface area contributed by atoms with Crippen LogP contribution in [0.3, 0.4) is 0 Å². The molecule has 1 aliphatic heterocycles. The summed E-state index contributed by atoms with van der Waals surface area (Å²) in [5, 5.41) is 15.7. The first-order valence-corrected chi connectivity index (χ1v) is 12.0. The van der Waals surface area contributed by atoms with Crippen molar-refractivity contribution in [3.05, 3.63) is 35.4 Å². The van der Waals surface area contributed by atoms with Crippen molar-refractivity contribution in [3.63, 3.8) is 0 Å². The number of anilines is 2. The average Bonchev–Trinajstić information content (AvgIpc) is 3.62. The predicted molar refractivity (Wildman–Crippen MR) is 125 cm³/mol. The van der Waals surface area contributed by atoms with Crippen LogP contribution in [0.5, 0.6) is 5.75 Å². The number of carbonyl (C=O) groups is 2. The van der Waals surface area contributed by atoms with Crippen LogP contribution in [0.2, 0.25) is 5.02 Å². The zero-order valence-electron chi connectivity index (χ0n) is 17.8. The van der Waals surface area contributed by atoms with Gasteiger partial charge in [-0.25, -0.2) is 0 Å². The highest BCUT2D eigenvalue weighted by molar-refractivity contribution is 7.99. The monoisotopic (exact) mass is 475 g/mol. The van der Waals surface area contributed by atoms with E-state index in [-0.39, 0.29) is 23.5 Å². The van der Waals surface area contributed by atoms with Gasteiger partial charge in [0.1, 0.15) is 10.8 Å². The van der Waals surface area contributed by atoms with Crippen molar-refractivity contribution in [2.75, 3.05) is 36.2 Å². The number of piperidine rings is 1. The second kappa shape index (κ2) is 10.4. The molecule has 1 saturated carbocycles. The summed E-state index contributed by atoms with van der Waals surface area (Å²) < 4.78 is 5.25. The molecule has 2 fully saturated rings. The quantitative estimate of drug-likeness (QED) is 0.565. The number of halogens is 1. The van der Waals surface area contributed by atoms with Crippen molar-refractivity contribution in [1.29, 1.82) is 0 Å². The summed E-state index contributed by atoms with van der Waals surface area (Å²) >= 11 is 7.30. The molecule has 8 nitrogen and oxygen atoms in total. The Morgan fingerprint density at radius 1 is 1.22 bits per heavy atom. The van der Waals surface area contributed by atoms with E-state index >= 15 is 0 Å². The lowest BCUT2D eigenvalue weighted by Crippen LogP contribution is -2.44. The Morgan fingerprint density at radius 3 is 2.78 bits per heavy atom. The zero-order valence-corrected chi connectivity index (χ0v) is 19.4. The third-order valence-corrected chi connectivity index (χ3v) is 6.61. The Bertz CT molecular complexity index is 971. The van der Waals surface area contributed by atoms with Gasteiger partial charge in [0, 0.05) is 24.2 Å². The molecule has 2 aromatic rings. The highest BCUT2D eigenvalue weighted by Crippen LogP contribution is 2.28. The van der Waals surface area contributed by atoms with E-state index < -0.39 is 0 Å². The van der Waals surface area contributed by atoms with Gasteiger partial charge in [0.15, 0.2) is 5.82 Å². The molecule has 2 amide bonds. The van der Waals surface area contributed by atoms with Gasteiger partial charge in [0.25, 0.3) is 0 Å². The SMILES string of the molecule is COc1ccc(Cl)cc1NC(=O)CSc1ccc(N2CCC[C@H](C(=O)NC3CC3)C2)nn1. The number of hydrogen-bond donors (Lipinski definition) is 2. The van der Waals surface area contributed by atoms with Gasteiger partial charge in [-0.05, 0) is 56.0 Å². The first-order chi connectivity index (χ1) is 15.5. The molecule has 2 heterocycles. The number of methoxy groups -OCH3 is 1. The standard InChI is InChI=1S/C22H26ClN5O3S/c1-31-18-7-4-15(23)11-17(18)25-20(29)13-32-21-9-8-19(26-27-21)28-10-2-3-14(12-28)22(30)24-16-5-6-16/h4,7-9,11,14,16H,2-3,5-6,10,12-13H2,1H3,(H,24,30)(H,25,29)/t14-/m0/s1. The lowest BCUT2D eigenvalue weighted by atomic mass is 9.97. The normalized spacial score (nSPS) is 18.2. The van der Waals surface area contributed by atoms with Crippen LogP contribution < -0.4 is 20.3 Å². The molecule has 0 radical (unpaired) electrons. The van der Waals surface area contributed by atoms with Crippen molar-refractivity contribution in [2.45, 2.75) is 36.8 Å². The Kier molecular flexibility index (Phi) is 7.36. The number of carbonyl (C=O) groups excluding carboxylic acids is 2. The summed E-state index contributed by atoms with van der Waals surface area (Å²) in [5.41, 5.74) is 0.525. The lowest BCUT2D eigenvalue weighted by molar-refractivity contribution is -0.125. The Morgan fingerprint density at radius 2 is 2.06 bits per heavy atom. The molecule has 170 valence electrons. The van der Waals surface area contributed by atoms with Gasteiger partial charge in [-0.15, -0.1) is 10.2 Å². The molecule has 4 rings (SSSR count). The van der Waals surface area contributed by atoms with Crippen LogP contribution in [0, 0.1) is 5.92 Å². The van der Waals surface area contributed by atoms with Gasteiger partial charge < -0.3 is 20.3 Å². The number of nitrogens with zero attached hydrogens (tertiary/aromatic N) is 3. The fourth-order valence-corrected chi connectivity index (χ4v) is 4.39. The Balaban J connectivity index is 1.28. The van der Waals surface area contributed by atoms with E-state index in [1.807, 2.05) is 12.1 Å². The summed E-state index contributed by atoms with van der Waals surface area (Å²) in [6.07, 6.45) is 4.05. The van der Waals surface area contributed by atoms with E-state index in [1.165, 1.54) is 18.9 Å². The highest BCUT2D eigenvalue weighted by atomic mass is 35.5. The largest absolute Gasteiger partial charge is 0.495 e. The van der Waals surface area contributed by atoms with Gasteiger partial charge in [0.2, 0.25) is 11.8 Å². The topological polar surface area (TPSA) is 96.5 Å². The van der Waals surface area contributed by atoms with Crippen LogP contribution in [-0.2, 0) is 9.59 Å². The molecule has 2 aliphatic rings. The zero-order chi connectivity index (χ0) is 22.5. The molecular formula is C22H26ClN5O3S. The van der Waals surface area contributed by atoms with E-state index in [4.69, 9.17) is 16.3 Å². The highest BCUT2D eigenvalue weighted by Gasteiger charge is 2.31. The van der Waals surface area contributed by atoms with E-state index in [0.29, 0.717) is 34.1 Å². The number of amides is 2. The van der Waals surface area contributed by atoms with Crippen LogP contribution >= 0.6 is 23.4 Å². The molecule has 1 aliphatic carbocycles. The summed E-state index contributed by atoms with van der Waals surface area (Å²) in [5.74, 6) is 1.43. The summed E-state index contributed by atoms with van der Waals surface area (Å²) in [6, 6.07) is 9.19. The van der Waals surface area contributed by atoms with E-state index in [9.17, 15) is 9.59 Å². The van der Waals surface area contributed by atoms with E-state index in [2.05, 4.69) is 25.7 Å². The van der Waals surface area contributed by atoms with Crippen LogP contribution in [0.4, 0.5) is 11.5 Å². The van der Waals surface area contributed by atoms with Crippen molar-refractivity contribution >= 4 is 46.7 Å².